The number of hydrogen-bond donors (Lipinski definition) is 0. The van der Waals surface area contributed by atoms with Crippen LogP contribution >= 0.6 is 35.0 Å². The zero-order valence-electron chi connectivity index (χ0n) is 16.5. The highest BCUT2D eigenvalue weighted by Gasteiger charge is 2.36. The highest BCUT2D eigenvalue weighted by atomic mass is 35.5. The minimum absolute atomic E-state index is 0.150. The maximum absolute atomic E-state index is 12.5. The van der Waals surface area contributed by atoms with Gasteiger partial charge in [-0.3, -0.25) is 19.3 Å². The van der Waals surface area contributed by atoms with Gasteiger partial charge in [-0.05, 0) is 41.6 Å². The molecule has 0 spiro atoms. The van der Waals surface area contributed by atoms with Gasteiger partial charge in [0.15, 0.2) is 11.5 Å². The number of nitrogens with zero attached hydrogens (tertiary/aromatic N) is 1. The summed E-state index contributed by atoms with van der Waals surface area (Å²) < 4.78 is 15.7. The van der Waals surface area contributed by atoms with Crippen LogP contribution in [0.4, 0.5) is 4.79 Å². The second-order valence-corrected chi connectivity index (χ2v) is 8.07. The fraction of sp³-hybridized carbons (Fsp3) is 0.190. The van der Waals surface area contributed by atoms with E-state index in [9.17, 15) is 14.4 Å². The van der Waals surface area contributed by atoms with Gasteiger partial charge in [0.1, 0.15) is 13.2 Å². The van der Waals surface area contributed by atoms with Gasteiger partial charge in [0, 0.05) is 10.6 Å². The molecule has 162 valence electrons. The van der Waals surface area contributed by atoms with E-state index >= 15 is 0 Å². The minimum Gasteiger partial charge on any atom is -0.493 e. The molecule has 7 nitrogen and oxygen atoms in total. The molecule has 1 heterocycles. The Labute approximate surface area is 192 Å². The topological polar surface area (TPSA) is 82.1 Å². The molecule has 0 saturated carbocycles. The molecule has 1 saturated heterocycles. The lowest BCUT2D eigenvalue weighted by Gasteiger charge is -2.14. The third-order valence-corrected chi connectivity index (χ3v) is 5.82. The monoisotopic (exact) mass is 481 g/mol. The van der Waals surface area contributed by atoms with E-state index in [1.807, 2.05) is 18.2 Å². The van der Waals surface area contributed by atoms with E-state index < -0.39 is 23.7 Å². The number of imide groups is 1. The smallest absolute Gasteiger partial charge is 0.325 e. The number of carbonyl (C=O) groups excluding carboxylic acids is 3. The van der Waals surface area contributed by atoms with Gasteiger partial charge in [-0.1, -0.05) is 41.4 Å². The first kappa shape index (κ1) is 23.0. The van der Waals surface area contributed by atoms with Gasteiger partial charge in [-0.25, -0.2) is 0 Å². The Bertz CT molecular complexity index is 1070. The number of hydrogen-bond acceptors (Lipinski definition) is 7. The van der Waals surface area contributed by atoms with E-state index in [1.165, 1.54) is 20.3 Å². The van der Waals surface area contributed by atoms with Crippen molar-refractivity contribution in [3.8, 4) is 11.5 Å². The van der Waals surface area contributed by atoms with Crippen LogP contribution in [0.5, 0.6) is 11.5 Å². The normalized spacial score (nSPS) is 14.8. The average Bonchev–Trinajstić information content (AvgIpc) is 3.00. The molecule has 0 unspecified atom stereocenters. The maximum Gasteiger partial charge on any atom is 0.325 e. The molecule has 0 radical (unpaired) electrons. The van der Waals surface area contributed by atoms with Crippen LogP contribution in [0.1, 0.15) is 11.1 Å². The number of methoxy groups -OCH3 is 2. The fourth-order valence-electron chi connectivity index (χ4n) is 2.71. The van der Waals surface area contributed by atoms with Crippen LogP contribution in [0, 0.1) is 0 Å². The summed E-state index contributed by atoms with van der Waals surface area (Å²) >= 11 is 13.3. The number of thioether (sulfide) groups is 1. The Balaban J connectivity index is 1.83. The van der Waals surface area contributed by atoms with Gasteiger partial charge >= 0.3 is 5.97 Å². The highest BCUT2D eigenvalue weighted by molar-refractivity contribution is 8.18. The summed E-state index contributed by atoms with van der Waals surface area (Å²) in [7, 11) is 2.64. The molecule has 0 aromatic heterocycles. The van der Waals surface area contributed by atoms with E-state index in [0.29, 0.717) is 22.1 Å². The zero-order chi connectivity index (χ0) is 22.5. The van der Waals surface area contributed by atoms with Crippen LogP contribution < -0.4 is 9.47 Å². The van der Waals surface area contributed by atoms with Crippen molar-refractivity contribution < 1.29 is 28.6 Å². The zero-order valence-corrected chi connectivity index (χ0v) is 18.8. The molecule has 10 heteroatoms. The third-order valence-electron chi connectivity index (χ3n) is 4.27. The maximum atomic E-state index is 12.5. The molecule has 0 aliphatic carbocycles. The van der Waals surface area contributed by atoms with Crippen LogP contribution in [0.25, 0.3) is 6.08 Å². The Kier molecular flexibility index (Phi) is 7.48. The molecule has 2 amide bonds. The Morgan fingerprint density at radius 2 is 1.87 bits per heavy atom. The van der Waals surface area contributed by atoms with Gasteiger partial charge < -0.3 is 14.2 Å². The Hall–Kier alpha value is -2.68. The third kappa shape index (κ3) is 5.33. The van der Waals surface area contributed by atoms with Gasteiger partial charge in [0.25, 0.3) is 11.1 Å². The minimum atomic E-state index is -0.687. The summed E-state index contributed by atoms with van der Waals surface area (Å²) in [4.78, 5) is 36.9. The van der Waals surface area contributed by atoms with Gasteiger partial charge in [0.05, 0.1) is 24.1 Å². The van der Waals surface area contributed by atoms with E-state index in [1.54, 1.807) is 18.2 Å². The summed E-state index contributed by atoms with van der Waals surface area (Å²) in [5, 5.41) is 0.266. The van der Waals surface area contributed by atoms with E-state index in [0.717, 1.165) is 22.2 Å². The summed E-state index contributed by atoms with van der Waals surface area (Å²) in [6.07, 6.45) is 1.49. The lowest BCUT2D eigenvalue weighted by molar-refractivity contribution is -0.143. The van der Waals surface area contributed by atoms with Crippen LogP contribution in [0.2, 0.25) is 10.0 Å². The van der Waals surface area contributed by atoms with Crippen LogP contribution in [0.3, 0.4) is 0 Å². The first-order valence-corrected chi connectivity index (χ1v) is 10.5. The molecule has 0 atom stereocenters. The van der Waals surface area contributed by atoms with Crippen LogP contribution in [-0.2, 0) is 20.9 Å². The molecule has 3 rings (SSSR count). The predicted molar refractivity (Wildman–Crippen MR) is 118 cm³/mol. The Morgan fingerprint density at radius 3 is 2.55 bits per heavy atom. The van der Waals surface area contributed by atoms with Crippen molar-refractivity contribution in [3.63, 3.8) is 0 Å². The van der Waals surface area contributed by atoms with Crippen LogP contribution in [-0.4, -0.2) is 42.8 Å². The molecule has 0 bridgehead atoms. The molecular formula is C21H17Cl2NO6S. The number of benzene rings is 2. The molecule has 1 aliphatic heterocycles. The van der Waals surface area contributed by atoms with Crippen LogP contribution in [0.15, 0.2) is 41.3 Å². The van der Waals surface area contributed by atoms with E-state index in [-0.39, 0.29) is 16.5 Å². The number of rotatable bonds is 7. The summed E-state index contributed by atoms with van der Waals surface area (Å²) in [6.45, 7) is -0.265. The molecule has 31 heavy (non-hydrogen) atoms. The standard InChI is InChI=1S/C21H17Cl2NO6S/c1-28-16-8-12(9-17-20(26)24(21(27)31-17)10-18(25)29-2)7-15(23)19(16)30-11-13-5-3-4-6-14(13)22/h3-9H,10-11H2,1-2H3/b17-9-. The molecule has 2 aromatic rings. The molecular weight excluding hydrogens is 465 g/mol. The lowest BCUT2D eigenvalue weighted by Crippen LogP contribution is -2.34. The van der Waals surface area contributed by atoms with Gasteiger partial charge in [-0.15, -0.1) is 0 Å². The number of ether oxygens (including phenoxy) is 3. The van der Waals surface area contributed by atoms with Crippen molar-refractivity contribution in [3.05, 3.63) is 62.5 Å². The molecule has 0 N–H and O–H groups in total. The largest absolute Gasteiger partial charge is 0.493 e. The van der Waals surface area contributed by atoms with Crippen molar-refractivity contribution in [1.29, 1.82) is 0 Å². The molecule has 1 fully saturated rings. The average molecular weight is 482 g/mol. The lowest BCUT2D eigenvalue weighted by atomic mass is 10.1. The summed E-state index contributed by atoms with van der Waals surface area (Å²) in [5.41, 5.74) is 1.31. The number of esters is 1. The van der Waals surface area contributed by atoms with Crippen molar-refractivity contribution in [2.24, 2.45) is 0 Å². The Morgan fingerprint density at radius 1 is 1.13 bits per heavy atom. The number of halogens is 2. The summed E-state index contributed by atoms with van der Waals surface area (Å²) in [5.74, 6) is -0.609. The van der Waals surface area contributed by atoms with Crippen molar-refractivity contribution in [1.82, 2.24) is 4.90 Å². The SMILES string of the molecule is COC(=O)CN1C(=O)S/C(=C\c2cc(Cl)c(OCc3ccccc3Cl)c(OC)c2)C1=O. The van der Waals surface area contributed by atoms with Crippen molar-refractivity contribution in [2.75, 3.05) is 20.8 Å². The van der Waals surface area contributed by atoms with Crippen molar-refractivity contribution >= 4 is 58.2 Å². The first-order valence-electron chi connectivity index (χ1n) is 8.90. The van der Waals surface area contributed by atoms with Gasteiger partial charge in [-0.2, -0.15) is 0 Å². The second-order valence-electron chi connectivity index (χ2n) is 6.26. The first-order chi connectivity index (χ1) is 14.8. The fourth-order valence-corrected chi connectivity index (χ4v) is 4.01. The van der Waals surface area contributed by atoms with Crippen molar-refractivity contribution in [2.45, 2.75) is 6.61 Å². The summed E-state index contributed by atoms with van der Waals surface area (Å²) in [6, 6.07) is 10.5. The van der Waals surface area contributed by atoms with Gasteiger partial charge in [0.2, 0.25) is 0 Å². The number of amides is 2. The highest BCUT2D eigenvalue weighted by Crippen LogP contribution is 2.39. The number of carbonyl (C=O) groups is 3. The quantitative estimate of drug-likeness (QED) is 0.415. The molecule has 2 aromatic carbocycles. The second kappa shape index (κ2) is 10.1. The predicted octanol–water partition coefficient (Wildman–Crippen LogP) is 4.79. The van der Waals surface area contributed by atoms with E-state index in [2.05, 4.69) is 4.74 Å². The van der Waals surface area contributed by atoms with E-state index in [4.69, 9.17) is 32.7 Å². The molecule has 1 aliphatic rings.